The molecule has 8 heteroatoms. The minimum absolute atomic E-state index is 0.145. The Kier molecular flexibility index (Phi) is 5.26. The standard InChI is InChI=1S/C14H20N4O4/c1-10-9-11(17(2)16-10)14(21)15-5-7-22-8-6-18-12(19)3-4-13(18)20/h9H,3-8H2,1-2H3,(H,15,21). The van der Waals surface area contributed by atoms with Gasteiger partial charge in [0, 0.05) is 26.4 Å². The van der Waals surface area contributed by atoms with Crippen molar-refractivity contribution in [2.45, 2.75) is 19.8 Å². The van der Waals surface area contributed by atoms with E-state index in [1.165, 1.54) is 9.58 Å². The lowest BCUT2D eigenvalue weighted by Crippen LogP contribution is -2.33. The Balaban J connectivity index is 1.61. The Labute approximate surface area is 128 Å². The fraction of sp³-hybridized carbons (Fsp3) is 0.571. The number of ether oxygens (including phenoxy) is 1. The van der Waals surface area contributed by atoms with Crippen LogP contribution in [0.2, 0.25) is 0 Å². The smallest absolute Gasteiger partial charge is 0.269 e. The summed E-state index contributed by atoms with van der Waals surface area (Å²) >= 11 is 0. The molecular weight excluding hydrogens is 288 g/mol. The van der Waals surface area contributed by atoms with Crippen LogP contribution in [0, 0.1) is 6.92 Å². The largest absolute Gasteiger partial charge is 0.378 e. The average molecular weight is 308 g/mol. The number of rotatable bonds is 7. The van der Waals surface area contributed by atoms with Crippen LogP contribution < -0.4 is 5.32 Å². The number of aryl methyl sites for hydroxylation is 2. The first-order valence-corrected chi connectivity index (χ1v) is 7.19. The number of imide groups is 1. The quantitative estimate of drug-likeness (QED) is 0.547. The van der Waals surface area contributed by atoms with Gasteiger partial charge in [-0.15, -0.1) is 0 Å². The van der Waals surface area contributed by atoms with Gasteiger partial charge in [-0.3, -0.25) is 24.0 Å². The lowest BCUT2D eigenvalue weighted by molar-refractivity contribution is -0.139. The normalized spacial score (nSPS) is 14.7. The van der Waals surface area contributed by atoms with Gasteiger partial charge in [0.25, 0.3) is 5.91 Å². The van der Waals surface area contributed by atoms with Crippen LogP contribution in [0.5, 0.6) is 0 Å². The number of aromatic nitrogens is 2. The number of hydrogen-bond acceptors (Lipinski definition) is 5. The van der Waals surface area contributed by atoms with Crippen molar-refractivity contribution < 1.29 is 19.1 Å². The molecular formula is C14H20N4O4. The molecule has 0 atom stereocenters. The van der Waals surface area contributed by atoms with Gasteiger partial charge < -0.3 is 10.1 Å². The van der Waals surface area contributed by atoms with E-state index >= 15 is 0 Å². The molecule has 1 fully saturated rings. The zero-order valence-electron chi connectivity index (χ0n) is 12.8. The molecule has 8 nitrogen and oxygen atoms in total. The number of hydrogen-bond donors (Lipinski definition) is 1. The SMILES string of the molecule is Cc1cc(C(=O)NCCOCCN2C(=O)CCC2=O)n(C)n1. The lowest BCUT2D eigenvalue weighted by Gasteiger charge is -2.13. The van der Waals surface area contributed by atoms with Crippen LogP contribution in [0.4, 0.5) is 0 Å². The molecule has 0 radical (unpaired) electrons. The molecule has 0 spiro atoms. The molecule has 1 aromatic heterocycles. The molecule has 0 saturated carbocycles. The van der Waals surface area contributed by atoms with Crippen molar-refractivity contribution in [2.75, 3.05) is 26.3 Å². The Morgan fingerprint density at radius 2 is 2.00 bits per heavy atom. The summed E-state index contributed by atoms with van der Waals surface area (Å²) in [4.78, 5) is 35.8. The molecule has 0 bridgehead atoms. The molecule has 0 aromatic carbocycles. The molecule has 2 heterocycles. The van der Waals surface area contributed by atoms with Gasteiger partial charge in [-0.25, -0.2) is 0 Å². The summed E-state index contributed by atoms with van der Waals surface area (Å²) in [5.41, 5.74) is 1.27. The third-order valence-corrected chi connectivity index (χ3v) is 3.38. The summed E-state index contributed by atoms with van der Waals surface area (Å²) in [6.45, 7) is 3.04. The minimum Gasteiger partial charge on any atom is -0.378 e. The third kappa shape index (κ3) is 3.91. The van der Waals surface area contributed by atoms with E-state index in [0.717, 1.165) is 5.69 Å². The predicted molar refractivity (Wildman–Crippen MR) is 77.1 cm³/mol. The fourth-order valence-corrected chi connectivity index (χ4v) is 2.28. The molecule has 1 aromatic rings. The number of amides is 3. The van der Waals surface area contributed by atoms with E-state index in [1.54, 1.807) is 13.1 Å². The maximum atomic E-state index is 11.9. The Hall–Kier alpha value is -2.22. The van der Waals surface area contributed by atoms with E-state index in [9.17, 15) is 14.4 Å². The number of carbonyl (C=O) groups excluding carboxylic acids is 3. The Morgan fingerprint density at radius 1 is 1.32 bits per heavy atom. The van der Waals surface area contributed by atoms with Gasteiger partial charge in [0.05, 0.1) is 25.5 Å². The van der Waals surface area contributed by atoms with Crippen molar-refractivity contribution in [2.24, 2.45) is 7.05 Å². The van der Waals surface area contributed by atoms with Gasteiger partial charge in [0.15, 0.2) is 0 Å². The van der Waals surface area contributed by atoms with E-state index in [0.29, 0.717) is 31.7 Å². The summed E-state index contributed by atoms with van der Waals surface area (Å²) in [6.07, 6.45) is 0.581. The van der Waals surface area contributed by atoms with Crippen LogP contribution in [0.3, 0.4) is 0 Å². The first-order valence-electron chi connectivity index (χ1n) is 7.19. The molecule has 2 rings (SSSR count). The highest BCUT2D eigenvalue weighted by Gasteiger charge is 2.28. The lowest BCUT2D eigenvalue weighted by atomic mass is 10.3. The summed E-state index contributed by atoms with van der Waals surface area (Å²) in [5.74, 6) is -0.501. The Morgan fingerprint density at radius 3 is 2.59 bits per heavy atom. The second-order valence-electron chi connectivity index (χ2n) is 5.10. The first-order chi connectivity index (χ1) is 10.5. The second-order valence-corrected chi connectivity index (χ2v) is 5.10. The van der Waals surface area contributed by atoms with Crippen LogP contribution in [-0.4, -0.2) is 58.7 Å². The monoisotopic (exact) mass is 308 g/mol. The second kappa shape index (κ2) is 7.17. The van der Waals surface area contributed by atoms with Gasteiger partial charge in [0.2, 0.25) is 11.8 Å². The van der Waals surface area contributed by atoms with Gasteiger partial charge in [-0.1, -0.05) is 0 Å². The van der Waals surface area contributed by atoms with Crippen molar-refractivity contribution in [3.8, 4) is 0 Å². The average Bonchev–Trinajstić information content (AvgIpc) is 2.97. The van der Waals surface area contributed by atoms with Crippen molar-refractivity contribution in [3.63, 3.8) is 0 Å². The zero-order chi connectivity index (χ0) is 16.1. The first kappa shape index (κ1) is 16.2. The van der Waals surface area contributed by atoms with Crippen LogP contribution in [0.1, 0.15) is 29.0 Å². The van der Waals surface area contributed by atoms with Gasteiger partial charge >= 0.3 is 0 Å². The van der Waals surface area contributed by atoms with E-state index in [1.807, 2.05) is 6.92 Å². The number of nitrogens with one attached hydrogen (secondary N) is 1. The highest BCUT2D eigenvalue weighted by Crippen LogP contribution is 2.10. The van der Waals surface area contributed by atoms with Crippen molar-refractivity contribution in [1.82, 2.24) is 20.0 Å². The predicted octanol–water partition coefficient (Wildman–Crippen LogP) is -0.376. The van der Waals surface area contributed by atoms with E-state index < -0.39 is 0 Å². The van der Waals surface area contributed by atoms with Crippen LogP contribution in [0.15, 0.2) is 6.07 Å². The van der Waals surface area contributed by atoms with Crippen LogP contribution >= 0.6 is 0 Å². The molecule has 0 aliphatic carbocycles. The van der Waals surface area contributed by atoms with Crippen molar-refractivity contribution in [1.29, 1.82) is 0 Å². The third-order valence-electron chi connectivity index (χ3n) is 3.38. The molecule has 1 N–H and O–H groups in total. The number of carbonyl (C=O) groups is 3. The van der Waals surface area contributed by atoms with Crippen LogP contribution in [-0.2, 0) is 21.4 Å². The topological polar surface area (TPSA) is 93.5 Å². The zero-order valence-corrected chi connectivity index (χ0v) is 12.8. The molecule has 1 aliphatic rings. The Bertz CT molecular complexity index is 565. The highest BCUT2D eigenvalue weighted by molar-refractivity contribution is 6.01. The minimum atomic E-state index is -0.211. The summed E-state index contributed by atoms with van der Waals surface area (Å²) in [6, 6.07) is 1.71. The maximum Gasteiger partial charge on any atom is 0.269 e. The van der Waals surface area contributed by atoms with Crippen molar-refractivity contribution >= 4 is 17.7 Å². The highest BCUT2D eigenvalue weighted by atomic mass is 16.5. The van der Waals surface area contributed by atoms with Gasteiger partial charge in [-0.2, -0.15) is 5.10 Å². The molecule has 0 unspecified atom stereocenters. The number of nitrogens with zero attached hydrogens (tertiary/aromatic N) is 3. The molecule has 22 heavy (non-hydrogen) atoms. The van der Waals surface area contributed by atoms with Crippen LogP contribution in [0.25, 0.3) is 0 Å². The fourth-order valence-electron chi connectivity index (χ4n) is 2.28. The molecule has 120 valence electrons. The van der Waals surface area contributed by atoms with E-state index in [4.69, 9.17) is 4.74 Å². The number of likely N-dealkylation sites (tertiary alicyclic amines) is 1. The van der Waals surface area contributed by atoms with Gasteiger partial charge in [-0.05, 0) is 13.0 Å². The molecule has 3 amide bonds. The van der Waals surface area contributed by atoms with Gasteiger partial charge in [0.1, 0.15) is 5.69 Å². The summed E-state index contributed by atoms with van der Waals surface area (Å²) in [7, 11) is 1.71. The van der Waals surface area contributed by atoms with Crippen molar-refractivity contribution in [3.05, 3.63) is 17.5 Å². The summed E-state index contributed by atoms with van der Waals surface area (Å²) < 4.78 is 6.85. The van der Waals surface area contributed by atoms with E-state index in [2.05, 4.69) is 10.4 Å². The molecule has 1 aliphatic heterocycles. The van der Waals surface area contributed by atoms with E-state index in [-0.39, 0.29) is 30.9 Å². The maximum absolute atomic E-state index is 11.9. The molecule has 1 saturated heterocycles. The summed E-state index contributed by atoms with van der Waals surface area (Å²) in [5, 5.41) is 6.83.